The maximum Gasteiger partial charge on any atom is 0.512 e. The third-order valence-corrected chi connectivity index (χ3v) is 4.28. The summed E-state index contributed by atoms with van der Waals surface area (Å²) in [6.45, 7) is -5.67. The number of aromatic nitrogens is 2. The molecule has 0 saturated carbocycles. The van der Waals surface area contributed by atoms with Gasteiger partial charge in [0.15, 0.2) is 5.69 Å². The molecule has 0 aliphatic heterocycles. The maximum atomic E-state index is 13.7. The molecular weight excluding hydrogens is 407 g/mol. The van der Waals surface area contributed by atoms with Crippen LogP contribution in [0.3, 0.4) is 0 Å². The Labute approximate surface area is 168 Å². The van der Waals surface area contributed by atoms with Gasteiger partial charge in [-0.25, -0.2) is 18.7 Å². The van der Waals surface area contributed by atoms with Gasteiger partial charge in [0, 0.05) is 5.56 Å². The van der Waals surface area contributed by atoms with Crippen molar-refractivity contribution < 1.29 is 36.4 Å². The van der Waals surface area contributed by atoms with Crippen LogP contribution in [0.2, 0.25) is 0 Å². The van der Waals surface area contributed by atoms with E-state index in [0.29, 0.717) is 17.8 Å². The van der Waals surface area contributed by atoms with Crippen LogP contribution in [0.15, 0.2) is 48.5 Å². The third-order valence-electron chi connectivity index (χ3n) is 4.28. The van der Waals surface area contributed by atoms with Gasteiger partial charge in [0.25, 0.3) is 0 Å². The van der Waals surface area contributed by atoms with Crippen molar-refractivity contribution in [2.75, 3.05) is 14.2 Å². The third kappa shape index (κ3) is 3.78. The summed E-state index contributed by atoms with van der Waals surface area (Å²) in [5, 5.41) is 4.17. The van der Waals surface area contributed by atoms with Gasteiger partial charge in [0.2, 0.25) is 0 Å². The van der Waals surface area contributed by atoms with Crippen LogP contribution in [0.4, 0.5) is 17.3 Å². The van der Waals surface area contributed by atoms with Crippen LogP contribution in [0.1, 0.15) is 20.8 Å². The molecule has 0 bridgehead atoms. The standard InChI is InChI=1S/C19H14BF4N2O4/c1-29-18(27)15-16(11-8-9-14(21)13(10-11)20(22,23)24)25-26(17(15)19(28)30-2)12-6-4-3-5-7-12/h3-10H,1-2H3/q-1. The molecule has 3 aromatic rings. The van der Waals surface area contributed by atoms with Crippen molar-refractivity contribution in [2.24, 2.45) is 0 Å². The van der Waals surface area contributed by atoms with Crippen molar-refractivity contribution in [3.63, 3.8) is 0 Å². The number of nitrogens with zero attached hydrogens (tertiary/aromatic N) is 2. The number of ether oxygens (including phenoxy) is 2. The average molecular weight is 421 g/mol. The molecule has 0 saturated heterocycles. The van der Waals surface area contributed by atoms with Crippen molar-refractivity contribution in [2.45, 2.75) is 0 Å². The smallest absolute Gasteiger partial charge is 0.465 e. The molecule has 0 amide bonds. The number of hydrogen-bond donors (Lipinski definition) is 0. The van der Waals surface area contributed by atoms with Crippen LogP contribution in [0, 0.1) is 5.82 Å². The summed E-state index contributed by atoms with van der Waals surface area (Å²) in [4.78, 5) is 24.9. The zero-order valence-electron chi connectivity index (χ0n) is 15.7. The van der Waals surface area contributed by atoms with E-state index in [4.69, 9.17) is 9.47 Å². The largest absolute Gasteiger partial charge is 0.512 e. The Kier molecular flexibility index (Phi) is 5.63. The Hall–Kier alpha value is -3.63. The maximum absolute atomic E-state index is 13.7. The Bertz CT molecular complexity index is 1110. The number of para-hydroxylation sites is 1. The highest BCUT2D eigenvalue weighted by Crippen LogP contribution is 2.29. The van der Waals surface area contributed by atoms with Crippen LogP contribution in [0.5, 0.6) is 0 Å². The predicted molar refractivity (Wildman–Crippen MR) is 100 cm³/mol. The number of hydrogen-bond acceptors (Lipinski definition) is 5. The van der Waals surface area contributed by atoms with Crippen LogP contribution in [-0.4, -0.2) is 42.9 Å². The fourth-order valence-corrected chi connectivity index (χ4v) is 2.90. The first-order chi connectivity index (χ1) is 14.2. The van der Waals surface area contributed by atoms with Gasteiger partial charge in [-0.05, 0) is 18.2 Å². The molecule has 0 radical (unpaired) electrons. The van der Waals surface area contributed by atoms with E-state index in [1.54, 1.807) is 30.3 Å². The van der Waals surface area contributed by atoms with Gasteiger partial charge in [-0.2, -0.15) is 5.10 Å². The van der Waals surface area contributed by atoms with Crippen molar-refractivity contribution in [1.82, 2.24) is 9.78 Å². The second kappa shape index (κ2) is 8.01. The van der Waals surface area contributed by atoms with Crippen LogP contribution < -0.4 is 5.46 Å². The monoisotopic (exact) mass is 421 g/mol. The minimum atomic E-state index is -5.67. The predicted octanol–water partition coefficient (Wildman–Crippen LogP) is 3.31. The average Bonchev–Trinajstić information content (AvgIpc) is 3.13. The number of carbonyl (C=O) groups excluding carboxylic acids is 2. The van der Waals surface area contributed by atoms with Gasteiger partial charge >= 0.3 is 18.9 Å². The number of carbonyl (C=O) groups is 2. The molecule has 0 atom stereocenters. The molecule has 0 spiro atoms. The fraction of sp³-hybridized carbons (Fsp3) is 0.105. The molecule has 11 heteroatoms. The second-order valence-corrected chi connectivity index (χ2v) is 6.11. The zero-order chi connectivity index (χ0) is 22.1. The van der Waals surface area contributed by atoms with Gasteiger partial charge < -0.3 is 22.4 Å². The van der Waals surface area contributed by atoms with Crippen LogP contribution in [0.25, 0.3) is 16.9 Å². The molecule has 1 aromatic heterocycles. The summed E-state index contributed by atoms with van der Waals surface area (Å²) in [6, 6.07) is 10.3. The Balaban J connectivity index is 2.37. The fourth-order valence-electron chi connectivity index (χ4n) is 2.90. The molecule has 0 aliphatic rings. The van der Waals surface area contributed by atoms with Crippen molar-refractivity contribution in [1.29, 1.82) is 0 Å². The SMILES string of the molecule is COC(=O)c1c(-c2ccc(F)c([B-](F)(F)F)c2)nn(-c2ccccc2)c1C(=O)OC. The zero-order valence-corrected chi connectivity index (χ0v) is 15.7. The highest BCUT2D eigenvalue weighted by molar-refractivity contribution is 6.73. The van der Waals surface area contributed by atoms with E-state index in [9.17, 15) is 26.9 Å². The molecule has 2 aromatic carbocycles. The lowest BCUT2D eigenvalue weighted by Crippen LogP contribution is -2.36. The number of esters is 2. The van der Waals surface area contributed by atoms with Gasteiger partial charge in [0.1, 0.15) is 11.3 Å². The van der Waals surface area contributed by atoms with Gasteiger partial charge in [-0.15, -0.1) is 0 Å². The first kappa shape index (κ1) is 21.1. The van der Waals surface area contributed by atoms with Crippen LogP contribution >= 0.6 is 0 Å². The molecule has 6 nitrogen and oxygen atoms in total. The molecule has 156 valence electrons. The van der Waals surface area contributed by atoms with Crippen molar-refractivity contribution in [3.05, 3.63) is 65.6 Å². The lowest BCUT2D eigenvalue weighted by Gasteiger charge is -2.16. The Morgan fingerprint density at radius 3 is 2.17 bits per heavy atom. The molecule has 0 fully saturated rings. The van der Waals surface area contributed by atoms with Gasteiger partial charge in [-0.1, -0.05) is 35.8 Å². The molecule has 0 unspecified atom stereocenters. The van der Waals surface area contributed by atoms with E-state index in [2.05, 4.69) is 5.10 Å². The second-order valence-electron chi connectivity index (χ2n) is 6.11. The number of halogens is 4. The lowest BCUT2D eigenvalue weighted by atomic mass is 9.78. The molecule has 1 heterocycles. The van der Waals surface area contributed by atoms with Crippen LogP contribution in [-0.2, 0) is 9.47 Å². The first-order valence-electron chi connectivity index (χ1n) is 8.53. The van der Waals surface area contributed by atoms with E-state index in [1.165, 1.54) is 0 Å². The molecular formula is C19H14BF4N2O4-. The number of methoxy groups -OCH3 is 2. The summed E-state index contributed by atoms with van der Waals surface area (Å²) in [5.41, 5.74) is -2.37. The Morgan fingerprint density at radius 2 is 1.60 bits per heavy atom. The summed E-state index contributed by atoms with van der Waals surface area (Å²) < 4.78 is 64.0. The van der Waals surface area contributed by atoms with Gasteiger partial charge in [0.05, 0.1) is 25.7 Å². The Morgan fingerprint density at radius 1 is 0.967 bits per heavy atom. The van der Waals surface area contributed by atoms with E-state index in [-0.39, 0.29) is 17.0 Å². The summed E-state index contributed by atoms with van der Waals surface area (Å²) >= 11 is 0. The highest BCUT2D eigenvalue weighted by atomic mass is 19.4. The topological polar surface area (TPSA) is 70.4 Å². The summed E-state index contributed by atoms with van der Waals surface area (Å²) in [5.74, 6) is -3.43. The minimum absolute atomic E-state index is 0.217. The first-order valence-corrected chi connectivity index (χ1v) is 8.53. The molecule has 3 rings (SSSR count). The quantitative estimate of drug-likeness (QED) is 0.359. The van der Waals surface area contributed by atoms with E-state index in [0.717, 1.165) is 25.0 Å². The highest BCUT2D eigenvalue weighted by Gasteiger charge is 2.33. The van der Waals surface area contributed by atoms with Gasteiger partial charge in [-0.3, -0.25) is 0 Å². The van der Waals surface area contributed by atoms with E-state index >= 15 is 0 Å². The molecule has 0 aliphatic carbocycles. The molecule has 0 N–H and O–H groups in total. The minimum Gasteiger partial charge on any atom is -0.465 e. The van der Waals surface area contributed by atoms with E-state index in [1.807, 2.05) is 0 Å². The summed E-state index contributed by atoms with van der Waals surface area (Å²) in [7, 11) is 2.12. The summed E-state index contributed by atoms with van der Waals surface area (Å²) in [6.07, 6.45) is 0. The number of rotatable bonds is 5. The van der Waals surface area contributed by atoms with Crippen molar-refractivity contribution in [3.8, 4) is 16.9 Å². The normalized spacial score (nSPS) is 11.3. The lowest BCUT2D eigenvalue weighted by molar-refractivity contribution is 0.0549. The number of benzene rings is 2. The molecule has 30 heavy (non-hydrogen) atoms. The van der Waals surface area contributed by atoms with E-state index < -0.39 is 35.8 Å². The van der Waals surface area contributed by atoms with Crippen molar-refractivity contribution >= 4 is 24.4 Å².